The maximum atomic E-state index is 2.67. The number of anilines is 6. The van der Waals surface area contributed by atoms with E-state index in [1.165, 1.54) is 117 Å². The van der Waals surface area contributed by atoms with Crippen LogP contribution in [0.3, 0.4) is 0 Å². The van der Waals surface area contributed by atoms with Gasteiger partial charge in [0.1, 0.15) is 0 Å². The van der Waals surface area contributed by atoms with Gasteiger partial charge in [-0.1, -0.05) is 178 Å². The Morgan fingerprint density at radius 3 is 1.06 bits per heavy atom. The molecule has 8 aromatic rings. The molecular weight excluding hydrogens is 785 g/mol. The van der Waals surface area contributed by atoms with Crippen molar-refractivity contribution in [3.63, 3.8) is 0 Å². The summed E-state index contributed by atoms with van der Waals surface area (Å²) in [7, 11) is 0. The van der Waals surface area contributed by atoms with Crippen molar-refractivity contribution in [3.05, 3.63) is 213 Å². The lowest BCUT2D eigenvalue weighted by atomic mass is 9.60. The normalized spacial score (nSPS) is 18.0. The third-order valence-electron chi connectivity index (χ3n) is 17.0. The Kier molecular flexibility index (Phi) is 7.38. The lowest BCUT2D eigenvalue weighted by Crippen LogP contribution is -2.43. The van der Waals surface area contributed by atoms with Crippen molar-refractivity contribution >= 4 is 34.1 Å². The van der Waals surface area contributed by atoms with Gasteiger partial charge in [0.2, 0.25) is 0 Å². The summed E-state index contributed by atoms with van der Waals surface area (Å²) in [6.07, 6.45) is 0. The first-order chi connectivity index (χ1) is 31.0. The molecule has 0 saturated carbocycles. The van der Waals surface area contributed by atoms with Crippen LogP contribution < -0.4 is 9.80 Å². The summed E-state index contributed by atoms with van der Waals surface area (Å²) in [5, 5.41) is 0. The summed E-state index contributed by atoms with van der Waals surface area (Å²) in [6.45, 7) is 24.2. The molecule has 0 N–H and O–H groups in total. The van der Waals surface area contributed by atoms with Crippen LogP contribution in [0, 0.1) is 0 Å². The highest BCUT2D eigenvalue weighted by molar-refractivity contribution is 5.99. The van der Waals surface area contributed by atoms with Crippen molar-refractivity contribution in [2.75, 3.05) is 9.80 Å². The Labute approximate surface area is 385 Å². The van der Waals surface area contributed by atoms with Crippen molar-refractivity contribution in [2.24, 2.45) is 0 Å². The molecule has 0 amide bonds. The molecule has 318 valence electrons. The first-order valence-corrected chi connectivity index (χ1v) is 23.7. The highest BCUT2D eigenvalue weighted by atomic mass is 15.2. The summed E-state index contributed by atoms with van der Waals surface area (Å²) < 4.78 is 0. The van der Waals surface area contributed by atoms with E-state index < -0.39 is 0 Å². The first kappa shape index (κ1) is 38.8. The molecule has 3 heterocycles. The summed E-state index contributed by atoms with van der Waals surface area (Å²) >= 11 is 0. The van der Waals surface area contributed by atoms with Gasteiger partial charge in [-0.2, -0.15) is 0 Å². The molecule has 8 aromatic carbocycles. The summed E-state index contributed by atoms with van der Waals surface area (Å²) in [6, 6.07) is 60.8. The van der Waals surface area contributed by atoms with Gasteiger partial charge in [-0.05, 0) is 138 Å². The van der Waals surface area contributed by atoms with Crippen LogP contribution in [-0.2, 0) is 27.1 Å². The standard InChI is InChI=1S/C63H56N2/c1-59(2)46-19-13-11-17-42(46)44-31-29-40(35-52(44)59)64(41-30-32-45-43-18-12-14-20-47(43)60(3,4)53(45)36-41)39-27-25-37(26-28-39)38-33-54-58-55(34-38)63(9,10)51-24-16-22-49-57(51)65(58)56-48(61(49,5)6)21-15-23-50(56)62(54,7)8/h11-36H,1-10H3. The van der Waals surface area contributed by atoms with Crippen molar-refractivity contribution in [3.8, 4) is 33.4 Å². The second-order valence-electron chi connectivity index (χ2n) is 22.2. The number of fused-ring (bicyclic) bond motifs is 6. The second kappa shape index (κ2) is 12.4. The van der Waals surface area contributed by atoms with Crippen LogP contribution in [-0.4, -0.2) is 0 Å². The van der Waals surface area contributed by atoms with Gasteiger partial charge < -0.3 is 9.80 Å². The molecule has 2 aliphatic carbocycles. The Morgan fingerprint density at radius 1 is 0.277 bits per heavy atom. The summed E-state index contributed by atoms with van der Waals surface area (Å²) in [4.78, 5) is 5.16. The molecule has 0 radical (unpaired) electrons. The second-order valence-corrected chi connectivity index (χ2v) is 22.2. The Balaban J connectivity index is 0.975. The van der Waals surface area contributed by atoms with Gasteiger partial charge >= 0.3 is 0 Å². The molecule has 2 heteroatoms. The first-order valence-electron chi connectivity index (χ1n) is 23.7. The van der Waals surface area contributed by atoms with Crippen LogP contribution >= 0.6 is 0 Å². The lowest BCUT2D eigenvalue weighted by Gasteiger charge is -2.55. The molecule has 0 atom stereocenters. The van der Waals surface area contributed by atoms with E-state index in [0.717, 1.165) is 5.69 Å². The van der Waals surface area contributed by atoms with Crippen molar-refractivity contribution in [1.82, 2.24) is 0 Å². The average Bonchev–Trinajstić information content (AvgIpc) is 3.67. The minimum Gasteiger partial charge on any atom is -0.310 e. The molecule has 0 bridgehead atoms. The fourth-order valence-corrected chi connectivity index (χ4v) is 13.3. The topological polar surface area (TPSA) is 6.48 Å². The van der Waals surface area contributed by atoms with Crippen LogP contribution in [0.5, 0.6) is 0 Å². The molecule has 0 aromatic heterocycles. The lowest BCUT2D eigenvalue weighted by molar-refractivity contribution is 0.567. The Hall–Kier alpha value is -6.64. The number of rotatable bonds is 4. The highest BCUT2D eigenvalue weighted by Crippen LogP contribution is 2.66. The number of nitrogens with zero attached hydrogens (tertiary/aromatic N) is 2. The number of para-hydroxylation sites is 2. The maximum absolute atomic E-state index is 2.67. The highest BCUT2D eigenvalue weighted by Gasteiger charge is 2.52. The van der Waals surface area contributed by atoms with Crippen LogP contribution in [0.25, 0.3) is 33.4 Å². The monoisotopic (exact) mass is 840 g/mol. The van der Waals surface area contributed by atoms with Crippen LogP contribution in [0.2, 0.25) is 0 Å². The van der Waals surface area contributed by atoms with Gasteiger partial charge in [0.25, 0.3) is 0 Å². The van der Waals surface area contributed by atoms with Gasteiger partial charge in [0, 0.05) is 44.1 Å². The largest absolute Gasteiger partial charge is 0.310 e. The van der Waals surface area contributed by atoms with E-state index in [2.05, 4.69) is 237 Å². The minimum atomic E-state index is -0.198. The molecule has 5 aliphatic rings. The number of hydrogen-bond acceptors (Lipinski definition) is 2. The van der Waals surface area contributed by atoms with Gasteiger partial charge in [-0.15, -0.1) is 0 Å². The van der Waals surface area contributed by atoms with E-state index in [-0.39, 0.29) is 27.1 Å². The number of hydrogen-bond donors (Lipinski definition) is 0. The van der Waals surface area contributed by atoms with E-state index in [1.807, 2.05) is 0 Å². The van der Waals surface area contributed by atoms with E-state index in [4.69, 9.17) is 0 Å². The van der Waals surface area contributed by atoms with Crippen molar-refractivity contribution < 1.29 is 0 Å². The van der Waals surface area contributed by atoms with E-state index in [0.29, 0.717) is 0 Å². The van der Waals surface area contributed by atoms with Gasteiger partial charge in [0.15, 0.2) is 0 Å². The van der Waals surface area contributed by atoms with Gasteiger partial charge in [-0.3, -0.25) is 0 Å². The fraction of sp³-hybridized carbons (Fsp3) is 0.238. The third-order valence-corrected chi connectivity index (χ3v) is 17.0. The Bertz CT molecular complexity index is 3210. The molecular formula is C63H56N2. The number of benzene rings is 8. The molecule has 13 rings (SSSR count). The SMILES string of the molecule is CC1(C)c2ccccc2-c2ccc(N(c3ccc(-c4cc5c6c(c4)C(C)(C)c4cccc7c4N6c4c(cccc4C5(C)C)C7(C)C)cc3)c3ccc4c(c3)C(C)(C)c3ccccc3-4)cc21. The molecule has 0 saturated heterocycles. The fourth-order valence-electron chi connectivity index (χ4n) is 13.3. The maximum Gasteiger partial charge on any atom is 0.0544 e. The molecule has 0 unspecified atom stereocenters. The molecule has 2 nitrogen and oxygen atoms in total. The van der Waals surface area contributed by atoms with Gasteiger partial charge in [0.05, 0.1) is 17.1 Å². The van der Waals surface area contributed by atoms with E-state index >= 15 is 0 Å². The van der Waals surface area contributed by atoms with Crippen LogP contribution in [0.1, 0.15) is 125 Å². The van der Waals surface area contributed by atoms with Crippen molar-refractivity contribution in [1.29, 1.82) is 0 Å². The zero-order valence-electron chi connectivity index (χ0n) is 39.4. The molecule has 0 fully saturated rings. The predicted octanol–water partition coefficient (Wildman–Crippen LogP) is 16.8. The molecule has 3 aliphatic heterocycles. The van der Waals surface area contributed by atoms with Crippen LogP contribution in [0.15, 0.2) is 158 Å². The Morgan fingerprint density at radius 2 is 0.615 bits per heavy atom. The average molecular weight is 841 g/mol. The zero-order valence-corrected chi connectivity index (χ0v) is 39.4. The quantitative estimate of drug-likeness (QED) is 0.174. The van der Waals surface area contributed by atoms with E-state index in [9.17, 15) is 0 Å². The predicted molar refractivity (Wildman–Crippen MR) is 273 cm³/mol. The van der Waals surface area contributed by atoms with Crippen molar-refractivity contribution in [2.45, 2.75) is 96.3 Å². The minimum absolute atomic E-state index is 0.105. The summed E-state index contributed by atoms with van der Waals surface area (Å²) in [5.74, 6) is 0. The van der Waals surface area contributed by atoms with Gasteiger partial charge in [-0.25, -0.2) is 0 Å². The molecule has 65 heavy (non-hydrogen) atoms. The summed E-state index contributed by atoms with van der Waals surface area (Å²) in [5.41, 5.74) is 28.8. The van der Waals surface area contributed by atoms with E-state index in [1.54, 1.807) is 0 Å². The third kappa shape index (κ3) is 4.80. The zero-order chi connectivity index (χ0) is 44.7. The van der Waals surface area contributed by atoms with Crippen LogP contribution in [0.4, 0.5) is 34.1 Å². The smallest absolute Gasteiger partial charge is 0.0544 e. The molecule has 0 spiro atoms.